The lowest BCUT2D eigenvalue weighted by atomic mass is 9.55. The van der Waals surface area contributed by atoms with E-state index in [-0.39, 0.29) is 0 Å². The predicted octanol–water partition coefficient (Wildman–Crippen LogP) is 5.17. The van der Waals surface area contributed by atoms with Crippen molar-refractivity contribution < 1.29 is 4.74 Å². The van der Waals surface area contributed by atoms with E-state index >= 15 is 0 Å². The maximum atomic E-state index is 5.69. The van der Waals surface area contributed by atoms with Crippen LogP contribution in [0.25, 0.3) is 0 Å². The molecular formula is C20H39NO. The second kappa shape index (κ2) is 8.68. The molecule has 2 heteroatoms. The predicted molar refractivity (Wildman–Crippen MR) is 95.2 cm³/mol. The van der Waals surface area contributed by atoms with Crippen LogP contribution in [-0.2, 0) is 4.74 Å². The molecule has 3 aliphatic rings. The smallest absolute Gasteiger partial charge is 0.0578 e. The fourth-order valence-corrected chi connectivity index (χ4v) is 4.48. The molecular weight excluding hydrogens is 270 g/mol. The van der Waals surface area contributed by atoms with Crippen molar-refractivity contribution in [3.05, 3.63) is 0 Å². The Morgan fingerprint density at radius 3 is 2.00 bits per heavy atom. The molecule has 1 saturated heterocycles. The number of hydrogen-bond donors (Lipinski definition) is 1. The van der Waals surface area contributed by atoms with Gasteiger partial charge in [-0.05, 0) is 82.7 Å². The highest BCUT2D eigenvalue weighted by atomic mass is 16.5. The Labute approximate surface area is 138 Å². The van der Waals surface area contributed by atoms with E-state index in [0.29, 0.717) is 12.2 Å². The van der Waals surface area contributed by atoms with Gasteiger partial charge in [-0.3, -0.25) is 0 Å². The van der Waals surface area contributed by atoms with Crippen LogP contribution in [0.4, 0.5) is 0 Å². The topological polar surface area (TPSA) is 21.3 Å². The molecule has 1 spiro atoms. The number of ether oxygens (including phenoxy) is 1. The standard InChI is InChI=1S/C11H21N.C9H18O/c1-9(2)10-7-11(8-10)3-5-12-6-4-11;1-8(2)10-9-6-4-3-5-7-9/h9-10,12H,3-8H2,1-2H3;8-9H,3-7H2,1-2H3. The van der Waals surface area contributed by atoms with Crippen molar-refractivity contribution >= 4 is 0 Å². The molecule has 3 fully saturated rings. The van der Waals surface area contributed by atoms with Crippen LogP contribution in [0.3, 0.4) is 0 Å². The monoisotopic (exact) mass is 309 g/mol. The molecule has 0 radical (unpaired) electrons. The summed E-state index contributed by atoms with van der Waals surface area (Å²) in [5.41, 5.74) is 0.792. The van der Waals surface area contributed by atoms with E-state index in [4.69, 9.17) is 4.74 Å². The fraction of sp³-hybridized carbons (Fsp3) is 1.00. The van der Waals surface area contributed by atoms with Crippen molar-refractivity contribution in [3.8, 4) is 0 Å². The summed E-state index contributed by atoms with van der Waals surface area (Å²) in [6, 6.07) is 0. The summed E-state index contributed by atoms with van der Waals surface area (Å²) in [6.07, 6.45) is 13.7. The first-order valence-electron chi connectivity index (χ1n) is 9.87. The largest absolute Gasteiger partial charge is 0.376 e. The SMILES string of the molecule is CC(C)C1CC2(CCNCC2)C1.CC(C)OC1CCCCC1. The average molecular weight is 310 g/mol. The highest BCUT2D eigenvalue weighted by Gasteiger charge is 2.44. The maximum absolute atomic E-state index is 5.69. The van der Waals surface area contributed by atoms with Gasteiger partial charge in [0.05, 0.1) is 12.2 Å². The van der Waals surface area contributed by atoms with Crippen molar-refractivity contribution in [2.24, 2.45) is 17.3 Å². The fourth-order valence-electron chi connectivity index (χ4n) is 4.48. The normalized spacial score (nSPS) is 25.9. The molecule has 0 amide bonds. The summed E-state index contributed by atoms with van der Waals surface area (Å²) in [4.78, 5) is 0. The van der Waals surface area contributed by atoms with Gasteiger partial charge in [0, 0.05) is 0 Å². The molecule has 130 valence electrons. The van der Waals surface area contributed by atoms with Gasteiger partial charge in [-0.15, -0.1) is 0 Å². The van der Waals surface area contributed by atoms with Crippen molar-refractivity contribution in [1.29, 1.82) is 0 Å². The molecule has 2 saturated carbocycles. The Kier molecular flexibility index (Phi) is 7.21. The first-order chi connectivity index (χ1) is 10.5. The second-order valence-corrected chi connectivity index (χ2v) is 8.61. The summed E-state index contributed by atoms with van der Waals surface area (Å²) in [5.74, 6) is 1.97. The summed E-state index contributed by atoms with van der Waals surface area (Å²) >= 11 is 0. The van der Waals surface area contributed by atoms with E-state index in [1.54, 1.807) is 0 Å². The molecule has 1 heterocycles. The number of piperidine rings is 1. The molecule has 22 heavy (non-hydrogen) atoms. The van der Waals surface area contributed by atoms with E-state index in [1.807, 2.05) is 0 Å². The van der Waals surface area contributed by atoms with Crippen LogP contribution in [0, 0.1) is 17.3 Å². The van der Waals surface area contributed by atoms with Gasteiger partial charge in [-0.25, -0.2) is 0 Å². The number of hydrogen-bond acceptors (Lipinski definition) is 2. The van der Waals surface area contributed by atoms with E-state index in [1.165, 1.54) is 70.9 Å². The van der Waals surface area contributed by atoms with E-state index < -0.39 is 0 Å². The lowest BCUT2D eigenvalue weighted by Gasteiger charge is -2.52. The van der Waals surface area contributed by atoms with Crippen LogP contribution < -0.4 is 5.32 Å². The molecule has 1 aliphatic heterocycles. The van der Waals surface area contributed by atoms with E-state index in [2.05, 4.69) is 33.0 Å². The van der Waals surface area contributed by atoms with Crippen LogP contribution in [0.15, 0.2) is 0 Å². The summed E-state index contributed by atoms with van der Waals surface area (Å²) in [7, 11) is 0. The molecule has 0 unspecified atom stereocenters. The molecule has 0 aromatic carbocycles. The van der Waals surface area contributed by atoms with Gasteiger partial charge in [-0.1, -0.05) is 33.1 Å². The first kappa shape index (κ1) is 18.3. The minimum atomic E-state index is 0.420. The Hall–Kier alpha value is -0.0800. The third-order valence-electron chi connectivity index (χ3n) is 6.01. The van der Waals surface area contributed by atoms with Crippen molar-refractivity contribution in [1.82, 2.24) is 5.32 Å². The van der Waals surface area contributed by atoms with Gasteiger partial charge < -0.3 is 10.1 Å². The van der Waals surface area contributed by atoms with Crippen LogP contribution in [0.5, 0.6) is 0 Å². The quantitative estimate of drug-likeness (QED) is 0.777. The van der Waals surface area contributed by atoms with Crippen molar-refractivity contribution in [2.45, 2.75) is 97.7 Å². The Bertz CT molecular complexity index is 293. The van der Waals surface area contributed by atoms with E-state index in [0.717, 1.165) is 17.3 Å². The molecule has 2 aliphatic carbocycles. The van der Waals surface area contributed by atoms with Gasteiger partial charge in [0.15, 0.2) is 0 Å². The van der Waals surface area contributed by atoms with Crippen molar-refractivity contribution in [3.63, 3.8) is 0 Å². The molecule has 0 bridgehead atoms. The van der Waals surface area contributed by atoms with Gasteiger partial charge in [-0.2, -0.15) is 0 Å². The van der Waals surface area contributed by atoms with Crippen LogP contribution in [0.2, 0.25) is 0 Å². The highest BCUT2D eigenvalue weighted by molar-refractivity contribution is 4.96. The summed E-state index contributed by atoms with van der Waals surface area (Å²) in [6.45, 7) is 11.5. The van der Waals surface area contributed by atoms with Crippen LogP contribution in [-0.4, -0.2) is 25.3 Å². The summed E-state index contributed by atoms with van der Waals surface area (Å²) < 4.78 is 5.69. The molecule has 0 aromatic heterocycles. The summed E-state index contributed by atoms with van der Waals surface area (Å²) in [5, 5.41) is 3.45. The zero-order valence-corrected chi connectivity index (χ0v) is 15.5. The van der Waals surface area contributed by atoms with Gasteiger partial charge in [0.25, 0.3) is 0 Å². The lowest BCUT2D eigenvalue weighted by Crippen LogP contribution is -2.46. The van der Waals surface area contributed by atoms with Crippen LogP contribution >= 0.6 is 0 Å². The number of nitrogens with one attached hydrogen (secondary N) is 1. The van der Waals surface area contributed by atoms with Crippen LogP contribution in [0.1, 0.15) is 85.5 Å². The van der Waals surface area contributed by atoms with Gasteiger partial charge >= 0.3 is 0 Å². The number of rotatable bonds is 3. The van der Waals surface area contributed by atoms with Gasteiger partial charge in [0.1, 0.15) is 0 Å². The molecule has 2 nitrogen and oxygen atoms in total. The lowest BCUT2D eigenvalue weighted by molar-refractivity contribution is -0.0117. The third kappa shape index (κ3) is 5.53. The Balaban J connectivity index is 0.000000164. The first-order valence-corrected chi connectivity index (χ1v) is 9.87. The Morgan fingerprint density at radius 1 is 0.909 bits per heavy atom. The van der Waals surface area contributed by atoms with Gasteiger partial charge in [0.2, 0.25) is 0 Å². The minimum absolute atomic E-state index is 0.420. The molecule has 1 N–H and O–H groups in total. The maximum Gasteiger partial charge on any atom is 0.0578 e. The van der Waals surface area contributed by atoms with E-state index in [9.17, 15) is 0 Å². The molecule has 3 rings (SSSR count). The second-order valence-electron chi connectivity index (χ2n) is 8.61. The molecule has 0 atom stereocenters. The molecule has 0 aromatic rings. The minimum Gasteiger partial charge on any atom is -0.376 e. The zero-order valence-electron chi connectivity index (χ0n) is 15.5. The highest BCUT2D eigenvalue weighted by Crippen LogP contribution is 2.53. The zero-order chi connectivity index (χ0) is 16.0. The third-order valence-corrected chi connectivity index (χ3v) is 6.01. The average Bonchev–Trinajstić information content (AvgIpc) is 2.46. The Morgan fingerprint density at radius 2 is 1.50 bits per heavy atom. The van der Waals surface area contributed by atoms with Crippen molar-refractivity contribution in [2.75, 3.05) is 13.1 Å².